The van der Waals surface area contributed by atoms with Crippen LogP contribution < -0.4 is 15.4 Å². The Hall–Kier alpha value is -2.51. The molecule has 2 rings (SSSR count). The Bertz CT molecular complexity index is 674. The molecule has 0 aliphatic carbocycles. The lowest BCUT2D eigenvalue weighted by atomic mass is 9.74. The number of imide groups is 2. The summed E-state index contributed by atoms with van der Waals surface area (Å²) >= 11 is 0. The molecule has 1 unspecified atom stereocenters. The Balaban J connectivity index is 2.03. The SMILES string of the molecule is COc1ccc(CC2(CCCCCCC(F)CF)C(=O)NC(=O)NC2=O)cc1. The second-order valence-corrected chi connectivity index (χ2v) is 7.05. The van der Waals surface area contributed by atoms with E-state index in [0.717, 1.165) is 5.56 Å². The molecule has 1 aliphatic rings. The summed E-state index contributed by atoms with van der Waals surface area (Å²) in [6, 6.07) is 6.21. The molecule has 0 saturated carbocycles. The highest BCUT2D eigenvalue weighted by molar-refractivity contribution is 6.19. The van der Waals surface area contributed by atoms with E-state index in [0.29, 0.717) is 31.4 Å². The molecular formula is C20H26F2N2O4. The number of urea groups is 1. The van der Waals surface area contributed by atoms with E-state index < -0.39 is 36.1 Å². The lowest BCUT2D eigenvalue weighted by Crippen LogP contribution is -2.63. The monoisotopic (exact) mass is 396 g/mol. The third-order valence-corrected chi connectivity index (χ3v) is 5.03. The number of hydrogen-bond donors (Lipinski definition) is 2. The molecule has 1 fully saturated rings. The minimum Gasteiger partial charge on any atom is -0.497 e. The minimum absolute atomic E-state index is 0.149. The van der Waals surface area contributed by atoms with Gasteiger partial charge in [0.2, 0.25) is 11.8 Å². The van der Waals surface area contributed by atoms with Gasteiger partial charge in [-0.2, -0.15) is 0 Å². The molecule has 1 aliphatic heterocycles. The summed E-state index contributed by atoms with van der Waals surface area (Å²) in [7, 11) is 1.54. The molecule has 2 N–H and O–H groups in total. The van der Waals surface area contributed by atoms with Crippen molar-refractivity contribution in [2.45, 2.75) is 51.1 Å². The molecule has 1 heterocycles. The van der Waals surface area contributed by atoms with Gasteiger partial charge in [0.1, 0.15) is 24.0 Å². The summed E-state index contributed by atoms with van der Waals surface area (Å²) in [5.74, 6) is -0.568. The lowest BCUT2D eigenvalue weighted by molar-refractivity contribution is -0.145. The highest BCUT2D eigenvalue weighted by Gasteiger charge is 2.49. The van der Waals surface area contributed by atoms with Crippen LogP contribution in [0.4, 0.5) is 13.6 Å². The van der Waals surface area contributed by atoms with Crippen molar-refractivity contribution in [3.8, 4) is 5.75 Å². The van der Waals surface area contributed by atoms with Crippen LogP contribution in [0, 0.1) is 5.41 Å². The van der Waals surface area contributed by atoms with Gasteiger partial charge in [0.25, 0.3) is 0 Å². The number of amides is 4. The zero-order chi connectivity index (χ0) is 20.6. The number of carbonyl (C=O) groups is 3. The van der Waals surface area contributed by atoms with Crippen LogP contribution in [0.2, 0.25) is 0 Å². The fraction of sp³-hybridized carbons (Fsp3) is 0.550. The number of hydrogen-bond acceptors (Lipinski definition) is 4. The number of rotatable bonds is 11. The Morgan fingerprint density at radius 2 is 1.61 bits per heavy atom. The van der Waals surface area contributed by atoms with Gasteiger partial charge < -0.3 is 4.74 Å². The van der Waals surface area contributed by atoms with Gasteiger partial charge in [0.05, 0.1) is 7.11 Å². The smallest absolute Gasteiger partial charge is 0.328 e. The van der Waals surface area contributed by atoms with Crippen molar-refractivity contribution in [1.82, 2.24) is 10.6 Å². The van der Waals surface area contributed by atoms with Gasteiger partial charge in [-0.25, -0.2) is 13.6 Å². The molecule has 0 aromatic heterocycles. The molecule has 154 valence electrons. The number of alkyl halides is 2. The van der Waals surface area contributed by atoms with Crippen molar-refractivity contribution in [2.75, 3.05) is 13.8 Å². The number of unbranched alkanes of at least 4 members (excludes halogenated alkanes) is 3. The number of benzene rings is 1. The third kappa shape index (κ3) is 5.50. The zero-order valence-electron chi connectivity index (χ0n) is 15.9. The van der Waals surface area contributed by atoms with E-state index in [2.05, 4.69) is 10.6 Å². The average molecular weight is 396 g/mol. The van der Waals surface area contributed by atoms with E-state index in [9.17, 15) is 23.2 Å². The van der Waals surface area contributed by atoms with E-state index in [1.54, 1.807) is 31.4 Å². The average Bonchev–Trinajstić information content (AvgIpc) is 2.68. The fourth-order valence-electron chi connectivity index (χ4n) is 3.37. The molecule has 1 atom stereocenters. The molecule has 0 spiro atoms. The Morgan fingerprint density at radius 3 is 2.18 bits per heavy atom. The Morgan fingerprint density at radius 1 is 1.00 bits per heavy atom. The van der Waals surface area contributed by atoms with E-state index in [-0.39, 0.29) is 19.3 Å². The number of carbonyl (C=O) groups excluding carboxylic acids is 3. The van der Waals surface area contributed by atoms with Gasteiger partial charge in [0.15, 0.2) is 0 Å². The molecule has 6 nitrogen and oxygen atoms in total. The lowest BCUT2D eigenvalue weighted by Gasteiger charge is -2.34. The number of methoxy groups -OCH3 is 1. The molecule has 1 aromatic rings. The zero-order valence-corrected chi connectivity index (χ0v) is 15.9. The molecule has 1 aromatic carbocycles. The van der Waals surface area contributed by atoms with Crippen LogP contribution in [0.5, 0.6) is 5.75 Å². The van der Waals surface area contributed by atoms with Crippen LogP contribution in [0.15, 0.2) is 24.3 Å². The summed E-state index contributed by atoms with van der Waals surface area (Å²) in [5.41, 5.74) is -0.618. The van der Waals surface area contributed by atoms with Gasteiger partial charge in [-0.15, -0.1) is 0 Å². The van der Waals surface area contributed by atoms with Gasteiger partial charge in [-0.1, -0.05) is 37.8 Å². The van der Waals surface area contributed by atoms with Crippen LogP contribution in [-0.2, 0) is 16.0 Å². The van der Waals surface area contributed by atoms with Crippen molar-refractivity contribution >= 4 is 17.8 Å². The highest BCUT2D eigenvalue weighted by atomic mass is 19.2. The van der Waals surface area contributed by atoms with Gasteiger partial charge in [-0.3, -0.25) is 20.2 Å². The molecular weight excluding hydrogens is 370 g/mol. The summed E-state index contributed by atoms with van der Waals surface area (Å²) in [6.07, 6.45) is 1.61. The van der Waals surface area contributed by atoms with E-state index in [1.165, 1.54) is 0 Å². The largest absolute Gasteiger partial charge is 0.497 e. The van der Waals surface area contributed by atoms with Crippen molar-refractivity contribution in [2.24, 2.45) is 5.41 Å². The van der Waals surface area contributed by atoms with Crippen LogP contribution >= 0.6 is 0 Å². The van der Waals surface area contributed by atoms with Crippen LogP contribution in [0.3, 0.4) is 0 Å². The number of ether oxygens (including phenoxy) is 1. The standard InChI is InChI=1S/C20H26F2N2O4/c1-28-16-9-7-14(8-10-16)12-20(17(25)23-19(27)24-18(20)26)11-5-3-2-4-6-15(22)13-21/h7-10,15H,2-6,11-13H2,1H3,(H2,23,24,25,26,27). The summed E-state index contributed by atoms with van der Waals surface area (Å²) in [6.45, 7) is -0.973. The third-order valence-electron chi connectivity index (χ3n) is 5.03. The quantitative estimate of drug-likeness (QED) is 0.444. The molecule has 4 amide bonds. The van der Waals surface area contributed by atoms with Crippen molar-refractivity contribution in [1.29, 1.82) is 0 Å². The summed E-state index contributed by atoms with van der Waals surface area (Å²) in [5, 5.41) is 4.38. The van der Waals surface area contributed by atoms with Crippen molar-refractivity contribution in [3.05, 3.63) is 29.8 Å². The minimum atomic E-state index is -1.43. The maximum atomic E-state index is 12.9. The molecule has 0 radical (unpaired) electrons. The Kier molecular flexibility index (Phi) is 7.90. The number of barbiturate groups is 1. The van der Waals surface area contributed by atoms with Crippen LogP contribution in [0.1, 0.15) is 44.1 Å². The van der Waals surface area contributed by atoms with Crippen molar-refractivity contribution in [3.63, 3.8) is 0 Å². The van der Waals surface area contributed by atoms with E-state index >= 15 is 0 Å². The van der Waals surface area contributed by atoms with Gasteiger partial charge in [-0.05, 0) is 37.0 Å². The molecule has 1 saturated heterocycles. The van der Waals surface area contributed by atoms with E-state index in [1.807, 2.05) is 0 Å². The fourth-order valence-corrected chi connectivity index (χ4v) is 3.37. The summed E-state index contributed by atoms with van der Waals surface area (Å²) < 4.78 is 30.1. The maximum absolute atomic E-state index is 12.9. The second-order valence-electron chi connectivity index (χ2n) is 7.05. The van der Waals surface area contributed by atoms with Crippen LogP contribution in [-0.4, -0.2) is 37.8 Å². The molecule has 28 heavy (non-hydrogen) atoms. The topological polar surface area (TPSA) is 84.5 Å². The maximum Gasteiger partial charge on any atom is 0.328 e. The summed E-state index contributed by atoms with van der Waals surface area (Å²) in [4.78, 5) is 36.7. The number of nitrogens with one attached hydrogen (secondary N) is 2. The predicted molar refractivity (Wildman–Crippen MR) is 99.4 cm³/mol. The normalized spacial score (nSPS) is 17.0. The molecule has 0 bridgehead atoms. The predicted octanol–water partition coefficient (Wildman–Crippen LogP) is 3.24. The van der Waals surface area contributed by atoms with E-state index in [4.69, 9.17) is 4.74 Å². The first-order chi connectivity index (χ1) is 13.4. The first-order valence-electron chi connectivity index (χ1n) is 9.41. The van der Waals surface area contributed by atoms with Gasteiger partial charge >= 0.3 is 6.03 Å². The van der Waals surface area contributed by atoms with Crippen LogP contribution in [0.25, 0.3) is 0 Å². The number of halogens is 2. The Labute approximate surface area is 163 Å². The van der Waals surface area contributed by atoms with Gasteiger partial charge in [0, 0.05) is 0 Å². The first kappa shape index (κ1) is 21.8. The van der Waals surface area contributed by atoms with Crippen molar-refractivity contribution < 1.29 is 27.9 Å². The first-order valence-corrected chi connectivity index (χ1v) is 9.41. The highest BCUT2D eigenvalue weighted by Crippen LogP contribution is 2.33. The molecule has 8 heteroatoms. The second kappa shape index (κ2) is 10.1.